The molecule has 3 aromatic carbocycles. The van der Waals surface area contributed by atoms with Gasteiger partial charge in [0.2, 0.25) is 0 Å². The van der Waals surface area contributed by atoms with Crippen molar-refractivity contribution in [3.8, 4) is 39.8 Å². The first-order valence-electron chi connectivity index (χ1n) is 15.5. The monoisotopic (exact) mass is 606 g/mol. The Morgan fingerprint density at radius 2 is 1.11 bits per heavy atom. The van der Waals surface area contributed by atoms with Crippen LogP contribution in [0.4, 0.5) is 13.2 Å². The Balaban J connectivity index is 1.26. The lowest BCUT2D eigenvalue weighted by Gasteiger charge is -2.21. The van der Waals surface area contributed by atoms with Crippen LogP contribution in [0.2, 0.25) is 0 Å². The molecular weight excluding hydrogens is 565 g/mol. The summed E-state index contributed by atoms with van der Waals surface area (Å²) in [6, 6.07) is 21.0. The van der Waals surface area contributed by atoms with Crippen molar-refractivity contribution in [2.45, 2.75) is 70.9 Å². The second-order valence-electron chi connectivity index (χ2n) is 10.7. The van der Waals surface area contributed by atoms with Crippen molar-refractivity contribution in [1.82, 2.24) is 9.97 Å². The van der Waals surface area contributed by atoms with Gasteiger partial charge in [-0.05, 0) is 79.4 Å². The number of nitrogens with zero attached hydrogens (tertiary/aromatic N) is 2. The van der Waals surface area contributed by atoms with E-state index in [1.54, 1.807) is 48.8 Å². The summed E-state index contributed by atoms with van der Waals surface area (Å²) in [5.74, 6) is 0.805. The van der Waals surface area contributed by atoms with Gasteiger partial charge in [-0.3, -0.25) is 0 Å². The minimum absolute atomic E-state index is 0.0786. The van der Waals surface area contributed by atoms with Crippen LogP contribution in [-0.2, 0) is 0 Å². The number of hydrogen-bond acceptors (Lipinski definition) is 5. The van der Waals surface area contributed by atoms with Crippen LogP contribution in [0.25, 0.3) is 22.5 Å². The summed E-state index contributed by atoms with van der Waals surface area (Å²) in [6.07, 6.45) is 6.36. The van der Waals surface area contributed by atoms with Crippen LogP contribution in [0.1, 0.15) is 70.3 Å². The summed E-state index contributed by atoms with van der Waals surface area (Å²) in [5.41, 5.74) is 2.86. The Morgan fingerprint density at radius 3 is 1.70 bits per heavy atom. The maximum Gasteiger partial charge on any atom is 0.395 e. The van der Waals surface area contributed by atoms with Gasteiger partial charge in [0.05, 0.1) is 25.7 Å². The Hall–Kier alpha value is -4.07. The number of rotatable bonds is 17. The van der Waals surface area contributed by atoms with Gasteiger partial charge >= 0.3 is 6.18 Å². The molecule has 5 nitrogen and oxygen atoms in total. The van der Waals surface area contributed by atoms with E-state index in [1.807, 2.05) is 31.2 Å². The molecule has 234 valence electrons. The molecule has 0 N–H and O–H groups in total. The van der Waals surface area contributed by atoms with Crippen molar-refractivity contribution < 1.29 is 27.4 Å². The number of ether oxygens (including phenoxy) is 3. The molecule has 1 aromatic heterocycles. The summed E-state index contributed by atoms with van der Waals surface area (Å²) in [4.78, 5) is 9.03. The molecule has 0 spiro atoms. The number of benzene rings is 3. The third-order valence-corrected chi connectivity index (χ3v) is 7.38. The highest BCUT2D eigenvalue weighted by Gasteiger charge is 2.40. The third-order valence-electron chi connectivity index (χ3n) is 7.38. The molecule has 0 aliphatic heterocycles. The molecule has 0 fully saturated rings. The van der Waals surface area contributed by atoms with Crippen LogP contribution in [0, 0.1) is 0 Å². The second kappa shape index (κ2) is 16.7. The maximum atomic E-state index is 13.8. The Kier molecular flexibility index (Phi) is 12.5. The van der Waals surface area contributed by atoms with Crippen molar-refractivity contribution in [3.63, 3.8) is 0 Å². The molecule has 0 saturated heterocycles. The summed E-state index contributed by atoms with van der Waals surface area (Å²) in [7, 11) is 0. The molecule has 1 heterocycles. The van der Waals surface area contributed by atoms with Crippen LogP contribution in [-0.4, -0.2) is 36.0 Å². The predicted molar refractivity (Wildman–Crippen MR) is 168 cm³/mol. The fourth-order valence-electron chi connectivity index (χ4n) is 4.92. The van der Waals surface area contributed by atoms with Crippen molar-refractivity contribution in [2.75, 3.05) is 19.8 Å². The van der Waals surface area contributed by atoms with Crippen molar-refractivity contribution >= 4 is 0 Å². The third kappa shape index (κ3) is 10.00. The minimum Gasteiger partial charge on any atom is -0.494 e. The minimum atomic E-state index is -4.38. The van der Waals surface area contributed by atoms with E-state index in [-0.39, 0.29) is 18.6 Å². The Labute approximate surface area is 258 Å². The lowest BCUT2D eigenvalue weighted by Crippen LogP contribution is -2.23. The van der Waals surface area contributed by atoms with E-state index in [9.17, 15) is 13.2 Å². The molecule has 0 aliphatic rings. The number of unbranched alkanes of at least 4 members (excludes halogenated alkanes) is 5. The van der Waals surface area contributed by atoms with Crippen LogP contribution in [0.5, 0.6) is 17.2 Å². The van der Waals surface area contributed by atoms with Gasteiger partial charge in [0.15, 0.2) is 5.82 Å². The first-order chi connectivity index (χ1) is 21.4. The van der Waals surface area contributed by atoms with Crippen LogP contribution < -0.4 is 14.2 Å². The molecule has 4 rings (SSSR count). The predicted octanol–water partition coefficient (Wildman–Crippen LogP) is 10.1. The van der Waals surface area contributed by atoms with E-state index in [0.717, 1.165) is 35.5 Å². The van der Waals surface area contributed by atoms with E-state index >= 15 is 0 Å². The zero-order chi connectivity index (χ0) is 31.2. The highest BCUT2D eigenvalue weighted by Crippen LogP contribution is 2.38. The zero-order valence-electron chi connectivity index (χ0n) is 25.5. The van der Waals surface area contributed by atoms with Gasteiger partial charge in [0.25, 0.3) is 0 Å². The molecule has 0 bridgehead atoms. The highest BCUT2D eigenvalue weighted by molar-refractivity contribution is 5.64. The smallest absolute Gasteiger partial charge is 0.395 e. The molecule has 0 amide bonds. The quantitative estimate of drug-likeness (QED) is 0.112. The number of hydrogen-bond donors (Lipinski definition) is 0. The van der Waals surface area contributed by atoms with Gasteiger partial charge < -0.3 is 14.2 Å². The molecular formula is C36H41F3N2O3. The SMILES string of the molecule is CCCCCCCCOc1ccc(-c2cnc(-c3ccc(OCCC(c4ccc(OCC)cc4)C(F)(F)F)cc3)nc2)cc1. The van der Waals surface area contributed by atoms with E-state index in [2.05, 4.69) is 16.9 Å². The van der Waals surface area contributed by atoms with Gasteiger partial charge in [-0.15, -0.1) is 0 Å². The molecule has 44 heavy (non-hydrogen) atoms. The second-order valence-corrected chi connectivity index (χ2v) is 10.7. The molecule has 1 unspecified atom stereocenters. The van der Waals surface area contributed by atoms with Crippen LogP contribution in [0.3, 0.4) is 0 Å². The van der Waals surface area contributed by atoms with Crippen molar-refractivity contribution in [2.24, 2.45) is 0 Å². The van der Waals surface area contributed by atoms with E-state index in [4.69, 9.17) is 14.2 Å². The lowest BCUT2D eigenvalue weighted by atomic mass is 9.95. The van der Waals surface area contributed by atoms with Gasteiger partial charge in [-0.1, -0.05) is 63.3 Å². The molecule has 0 saturated carbocycles. The molecule has 0 aliphatic carbocycles. The van der Waals surface area contributed by atoms with Gasteiger partial charge in [-0.25, -0.2) is 9.97 Å². The average Bonchev–Trinajstić information content (AvgIpc) is 3.03. The van der Waals surface area contributed by atoms with Crippen LogP contribution in [0.15, 0.2) is 85.2 Å². The van der Waals surface area contributed by atoms with E-state index in [0.29, 0.717) is 23.9 Å². The fourth-order valence-corrected chi connectivity index (χ4v) is 4.92. The molecule has 0 radical (unpaired) electrons. The molecule has 8 heteroatoms. The van der Waals surface area contributed by atoms with Gasteiger partial charge in [0.1, 0.15) is 17.2 Å². The van der Waals surface area contributed by atoms with Gasteiger partial charge in [-0.2, -0.15) is 13.2 Å². The standard InChI is InChI=1S/C36H41F3N2O3/c1-3-5-6-7-8-9-23-43-32-16-10-27(11-17-32)30-25-40-35(41-26-30)29-14-20-33(21-15-29)44-24-22-34(36(37,38)39)28-12-18-31(19-13-28)42-4-2/h10-21,25-26,34H,3-9,22-24H2,1-2H3. The summed E-state index contributed by atoms with van der Waals surface area (Å²) < 4.78 is 58.2. The van der Waals surface area contributed by atoms with Crippen molar-refractivity contribution in [3.05, 3.63) is 90.8 Å². The largest absolute Gasteiger partial charge is 0.494 e. The number of halogens is 3. The first-order valence-corrected chi connectivity index (χ1v) is 15.5. The van der Waals surface area contributed by atoms with E-state index < -0.39 is 12.1 Å². The maximum absolute atomic E-state index is 13.8. The number of alkyl halides is 3. The average molecular weight is 607 g/mol. The summed E-state index contributed by atoms with van der Waals surface area (Å²) in [6.45, 7) is 5.15. The van der Waals surface area contributed by atoms with Crippen molar-refractivity contribution in [1.29, 1.82) is 0 Å². The summed E-state index contributed by atoms with van der Waals surface area (Å²) >= 11 is 0. The lowest BCUT2D eigenvalue weighted by molar-refractivity contribution is -0.153. The first kappa shape index (κ1) is 32.8. The van der Waals surface area contributed by atoms with Crippen LogP contribution >= 0.6 is 0 Å². The highest BCUT2D eigenvalue weighted by atomic mass is 19.4. The Bertz CT molecular complexity index is 1380. The summed E-state index contributed by atoms with van der Waals surface area (Å²) in [5, 5.41) is 0. The molecule has 1 atom stereocenters. The van der Waals surface area contributed by atoms with E-state index in [1.165, 1.54) is 44.2 Å². The zero-order valence-corrected chi connectivity index (χ0v) is 25.5. The topological polar surface area (TPSA) is 53.5 Å². The number of aromatic nitrogens is 2. The normalized spacial score (nSPS) is 12.1. The Morgan fingerprint density at radius 1 is 0.591 bits per heavy atom. The van der Waals surface area contributed by atoms with Gasteiger partial charge in [0, 0.05) is 23.5 Å². The fraction of sp³-hybridized carbons (Fsp3) is 0.389. The molecule has 4 aromatic rings.